The number of piperidine rings is 1. The molecule has 1 saturated carbocycles. The Bertz CT molecular complexity index is 524. The summed E-state index contributed by atoms with van der Waals surface area (Å²) < 4.78 is 5.42. The predicted molar refractivity (Wildman–Crippen MR) is 84.7 cm³/mol. The Hall–Kier alpha value is -1.06. The molecule has 0 amide bonds. The van der Waals surface area contributed by atoms with Gasteiger partial charge in [-0.05, 0) is 62.4 Å². The van der Waals surface area contributed by atoms with E-state index in [1.165, 1.54) is 29.5 Å². The summed E-state index contributed by atoms with van der Waals surface area (Å²) in [6, 6.07) is 4.52. The summed E-state index contributed by atoms with van der Waals surface area (Å²) in [5, 5.41) is 14.7. The van der Waals surface area contributed by atoms with Gasteiger partial charge in [0.25, 0.3) is 0 Å². The Labute approximate surface area is 127 Å². The first-order valence-corrected chi connectivity index (χ1v) is 8.16. The highest BCUT2D eigenvalue weighted by Gasteiger charge is 2.46. The van der Waals surface area contributed by atoms with Gasteiger partial charge in [-0.2, -0.15) is 0 Å². The van der Waals surface area contributed by atoms with Crippen molar-refractivity contribution < 1.29 is 9.84 Å². The van der Waals surface area contributed by atoms with Crippen LogP contribution >= 0.6 is 0 Å². The van der Waals surface area contributed by atoms with Gasteiger partial charge in [-0.1, -0.05) is 18.9 Å². The molecule has 3 heteroatoms. The third kappa shape index (κ3) is 2.47. The summed E-state index contributed by atoms with van der Waals surface area (Å²) in [4.78, 5) is 0. The predicted octanol–water partition coefficient (Wildman–Crippen LogP) is 3.27. The maximum Gasteiger partial charge on any atom is 0.122 e. The van der Waals surface area contributed by atoms with Gasteiger partial charge in [-0.3, -0.25) is 0 Å². The van der Waals surface area contributed by atoms with E-state index in [1.807, 2.05) is 0 Å². The molecule has 0 radical (unpaired) electrons. The number of methoxy groups -OCH3 is 1. The minimum absolute atomic E-state index is 0.272. The molecule has 1 heterocycles. The van der Waals surface area contributed by atoms with E-state index in [1.54, 1.807) is 7.11 Å². The van der Waals surface area contributed by atoms with Gasteiger partial charge in [0, 0.05) is 12.0 Å². The summed E-state index contributed by atoms with van der Waals surface area (Å²) in [5.41, 5.74) is 3.37. The molecule has 1 saturated heterocycles. The highest BCUT2D eigenvalue weighted by Crippen LogP contribution is 2.46. The largest absolute Gasteiger partial charge is 0.496 e. The number of nitrogens with one attached hydrogen (secondary N) is 1. The first kappa shape index (κ1) is 14.9. The zero-order chi connectivity index (χ0) is 15.0. The summed E-state index contributed by atoms with van der Waals surface area (Å²) in [6.45, 7) is 5.20. The lowest BCUT2D eigenvalue weighted by Gasteiger charge is -2.48. The Morgan fingerprint density at radius 1 is 1.19 bits per heavy atom. The molecular formula is C18H27NO2. The minimum Gasteiger partial charge on any atom is -0.496 e. The molecule has 0 spiro atoms. The molecule has 3 atom stereocenters. The standard InChI is InChI=1S/C18H27NO2/c1-12-13(2)16(21-3)8-7-14(12)17-15-6-4-5-9-18(15,20)10-11-19-17/h7-8,15,17,19-20H,4-6,9-11H2,1-3H3/t15-,17+,18+/m1/s1. The summed E-state index contributed by atoms with van der Waals surface area (Å²) in [6.07, 6.45) is 5.38. The Balaban J connectivity index is 1.97. The van der Waals surface area contributed by atoms with Crippen molar-refractivity contribution in [3.63, 3.8) is 0 Å². The topological polar surface area (TPSA) is 41.5 Å². The minimum atomic E-state index is -0.464. The van der Waals surface area contributed by atoms with Gasteiger partial charge >= 0.3 is 0 Å². The van der Waals surface area contributed by atoms with Gasteiger partial charge < -0.3 is 15.2 Å². The average Bonchev–Trinajstić information content (AvgIpc) is 2.49. The first-order chi connectivity index (χ1) is 10.1. The molecule has 2 fully saturated rings. The molecule has 3 nitrogen and oxygen atoms in total. The molecule has 0 unspecified atom stereocenters. The van der Waals surface area contributed by atoms with Crippen LogP contribution in [-0.4, -0.2) is 24.4 Å². The molecule has 2 aliphatic rings. The fraction of sp³-hybridized carbons (Fsp3) is 0.667. The van der Waals surface area contributed by atoms with E-state index in [9.17, 15) is 5.11 Å². The van der Waals surface area contributed by atoms with Crippen molar-refractivity contribution in [3.05, 3.63) is 28.8 Å². The van der Waals surface area contributed by atoms with Crippen LogP contribution in [0.5, 0.6) is 5.75 Å². The lowest BCUT2D eigenvalue weighted by atomic mass is 9.66. The lowest BCUT2D eigenvalue weighted by Crippen LogP contribution is -2.53. The first-order valence-electron chi connectivity index (χ1n) is 8.16. The zero-order valence-electron chi connectivity index (χ0n) is 13.4. The Kier molecular flexibility index (Phi) is 3.98. The molecule has 21 heavy (non-hydrogen) atoms. The summed E-state index contributed by atoms with van der Waals surface area (Å²) in [5.74, 6) is 1.29. The van der Waals surface area contributed by atoms with Crippen LogP contribution in [0.3, 0.4) is 0 Å². The number of benzene rings is 1. The molecule has 0 aromatic heterocycles. The van der Waals surface area contributed by atoms with Crippen LogP contribution in [0, 0.1) is 19.8 Å². The maximum atomic E-state index is 11.0. The quantitative estimate of drug-likeness (QED) is 0.878. The fourth-order valence-electron chi connectivity index (χ4n) is 4.32. The zero-order valence-corrected chi connectivity index (χ0v) is 13.4. The number of hydrogen-bond acceptors (Lipinski definition) is 3. The number of hydrogen-bond donors (Lipinski definition) is 2. The molecule has 1 aliphatic carbocycles. The molecule has 3 rings (SSSR count). The number of ether oxygens (including phenoxy) is 1. The van der Waals surface area contributed by atoms with Crippen LogP contribution in [0.1, 0.15) is 54.8 Å². The molecule has 0 bridgehead atoms. The van der Waals surface area contributed by atoms with Crippen LogP contribution in [0.2, 0.25) is 0 Å². The third-order valence-electron chi connectivity index (χ3n) is 5.72. The van der Waals surface area contributed by atoms with Crippen molar-refractivity contribution in [1.82, 2.24) is 5.32 Å². The molecule has 1 aliphatic heterocycles. The van der Waals surface area contributed by atoms with Crippen LogP contribution in [-0.2, 0) is 0 Å². The third-order valence-corrected chi connectivity index (χ3v) is 5.72. The van der Waals surface area contributed by atoms with Crippen molar-refractivity contribution >= 4 is 0 Å². The summed E-state index contributed by atoms with van der Waals surface area (Å²) in [7, 11) is 1.72. The van der Waals surface area contributed by atoms with Gasteiger partial charge in [0.1, 0.15) is 5.75 Å². The number of fused-ring (bicyclic) bond motifs is 1. The summed E-state index contributed by atoms with van der Waals surface area (Å²) >= 11 is 0. The van der Waals surface area contributed by atoms with Crippen molar-refractivity contribution in [3.8, 4) is 5.75 Å². The van der Waals surface area contributed by atoms with Crippen LogP contribution in [0.15, 0.2) is 12.1 Å². The normalized spacial score (nSPS) is 32.6. The van der Waals surface area contributed by atoms with Gasteiger partial charge in [0.05, 0.1) is 12.7 Å². The molecule has 1 aromatic rings. The van der Waals surface area contributed by atoms with Gasteiger partial charge in [0.15, 0.2) is 0 Å². The van der Waals surface area contributed by atoms with Crippen molar-refractivity contribution in [2.75, 3.05) is 13.7 Å². The van der Waals surface area contributed by atoms with Gasteiger partial charge in [-0.25, -0.2) is 0 Å². The smallest absolute Gasteiger partial charge is 0.122 e. The SMILES string of the molecule is COc1ccc([C@@H]2NCC[C@@]3(O)CCCC[C@H]23)c(C)c1C. The average molecular weight is 289 g/mol. The molecule has 1 aromatic carbocycles. The second-order valence-electron chi connectivity index (χ2n) is 6.74. The van der Waals surface area contributed by atoms with E-state index < -0.39 is 5.60 Å². The van der Waals surface area contributed by atoms with Gasteiger partial charge in [-0.15, -0.1) is 0 Å². The lowest BCUT2D eigenvalue weighted by molar-refractivity contribution is -0.0862. The maximum absolute atomic E-state index is 11.0. The van der Waals surface area contributed by atoms with E-state index in [-0.39, 0.29) is 6.04 Å². The van der Waals surface area contributed by atoms with Gasteiger partial charge in [0.2, 0.25) is 0 Å². The number of aliphatic hydroxyl groups is 1. The van der Waals surface area contributed by atoms with Crippen molar-refractivity contribution in [2.24, 2.45) is 5.92 Å². The van der Waals surface area contributed by atoms with Crippen molar-refractivity contribution in [2.45, 2.75) is 57.6 Å². The van der Waals surface area contributed by atoms with E-state index in [4.69, 9.17) is 4.74 Å². The van der Waals surface area contributed by atoms with Crippen LogP contribution < -0.4 is 10.1 Å². The number of rotatable bonds is 2. The van der Waals surface area contributed by atoms with Crippen molar-refractivity contribution in [1.29, 1.82) is 0 Å². The Morgan fingerprint density at radius 3 is 2.76 bits per heavy atom. The van der Waals surface area contributed by atoms with E-state index >= 15 is 0 Å². The second kappa shape index (κ2) is 5.62. The van der Waals surface area contributed by atoms with E-state index in [0.717, 1.165) is 31.6 Å². The highest BCUT2D eigenvalue weighted by molar-refractivity contribution is 5.45. The van der Waals surface area contributed by atoms with Crippen LogP contribution in [0.25, 0.3) is 0 Å². The Morgan fingerprint density at radius 2 is 2.00 bits per heavy atom. The van der Waals surface area contributed by atoms with E-state index in [2.05, 4.69) is 31.3 Å². The second-order valence-corrected chi connectivity index (χ2v) is 6.74. The van der Waals surface area contributed by atoms with E-state index in [0.29, 0.717) is 5.92 Å². The monoisotopic (exact) mass is 289 g/mol. The molecular weight excluding hydrogens is 262 g/mol. The molecule has 116 valence electrons. The van der Waals surface area contributed by atoms with Crippen LogP contribution in [0.4, 0.5) is 0 Å². The molecule has 2 N–H and O–H groups in total. The highest BCUT2D eigenvalue weighted by atomic mass is 16.5. The fourth-order valence-corrected chi connectivity index (χ4v) is 4.32.